The Balaban J connectivity index is 2.01. The standard InChI is InChI=1S/C15H27N3/c1-5-8-16-15(12(3)13-6-7-13)10-14-9-11(2)17-18(14)4/h9,12-13,15-16H,5-8,10H2,1-4H3. The highest BCUT2D eigenvalue weighted by atomic mass is 15.3. The zero-order chi connectivity index (χ0) is 13.1. The van der Waals surface area contributed by atoms with Crippen LogP contribution in [0.25, 0.3) is 0 Å². The van der Waals surface area contributed by atoms with Gasteiger partial charge in [-0.05, 0) is 50.6 Å². The topological polar surface area (TPSA) is 29.9 Å². The number of nitrogens with one attached hydrogen (secondary N) is 1. The number of nitrogens with zero attached hydrogens (tertiary/aromatic N) is 2. The van der Waals surface area contributed by atoms with E-state index in [-0.39, 0.29) is 0 Å². The molecule has 102 valence electrons. The van der Waals surface area contributed by atoms with Gasteiger partial charge in [-0.2, -0.15) is 5.10 Å². The molecule has 1 aromatic heterocycles. The van der Waals surface area contributed by atoms with E-state index in [1.807, 2.05) is 4.68 Å². The Labute approximate surface area is 111 Å². The van der Waals surface area contributed by atoms with E-state index in [9.17, 15) is 0 Å². The first-order chi connectivity index (χ1) is 8.61. The summed E-state index contributed by atoms with van der Waals surface area (Å²) in [6, 6.07) is 2.83. The molecule has 1 aromatic rings. The van der Waals surface area contributed by atoms with Gasteiger partial charge in [0, 0.05) is 25.2 Å². The predicted molar refractivity (Wildman–Crippen MR) is 75.6 cm³/mol. The molecule has 2 atom stereocenters. The average Bonchev–Trinajstić information content (AvgIpc) is 3.11. The van der Waals surface area contributed by atoms with E-state index in [1.165, 1.54) is 25.0 Å². The van der Waals surface area contributed by atoms with E-state index in [0.717, 1.165) is 30.5 Å². The predicted octanol–water partition coefficient (Wildman–Crippen LogP) is 2.69. The maximum absolute atomic E-state index is 4.45. The quantitative estimate of drug-likeness (QED) is 0.805. The highest BCUT2D eigenvalue weighted by molar-refractivity contribution is 5.10. The zero-order valence-corrected chi connectivity index (χ0v) is 12.2. The van der Waals surface area contributed by atoms with Crippen molar-refractivity contribution in [2.75, 3.05) is 6.54 Å². The summed E-state index contributed by atoms with van der Waals surface area (Å²) in [5, 5.41) is 8.19. The minimum absolute atomic E-state index is 0.604. The molecule has 1 aliphatic rings. The van der Waals surface area contributed by atoms with Gasteiger partial charge in [0.2, 0.25) is 0 Å². The van der Waals surface area contributed by atoms with Crippen molar-refractivity contribution in [2.24, 2.45) is 18.9 Å². The van der Waals surface area contributed by atoms with Gasteiger partial charge in [-0.25, -0.2) is 0 Å². The smallest absolute Gasteiger partial charge is 0.0596 e. The first kappa shape index (κ1) is 13.6. The van der Waals surface area contributed by atoms with Crippen LogP contribution in [-0.2, 0) is 13.5 Å². The molecule has 3 heteroatoms. The number of hydrogen-bond donors (Lipinski definition) is 1. The van der Waals surface area contributed by atoms with E-state index >= 15 is 0 Å². The van der Waals surface area contributed by atoms with Crippen LogP contribution in [0.2, 0.25) is 0 Å². The van der Waals surface area contributed by atoms with E-state index in [1.54, 1.807) is 0 Å². The summed E-state index contributed by atoms with van der Waals surface area (Å²) in [4.78, 5) is 0. The minimum Gasteiger partial charge on any atom is -0.313 e. The molecule has 2 rings (SSSR count). The molecule has 1 N–H and O–H groups in total. The van der Waals surface area contributed by atoms with Crippen molar-refractivity contribution < 1.29 is 0 Å². The third kappa shape index (κ3) is 3.35. The molecule has 0 radical (unpaired) electrons. The molecule has 0 bridgehead atoms. The molecule has 1 saturated carbocycles. The van der Waals surface area contributed by atoms with Crippen molar-refractivity contribution in [3.8, 4) is 0 Å². The average molecular weight is 249 g/mol. The van der Waals surface area contributed by atoms with Gasteiger partial charge in [-0.15, -0.1) is 0 Å². The van der Waals surface area contributed by atoms with Crippen molar-refractivity contribution in [1.82, 2.24) is 15.1 Å². The molecule has 0 aromatic carbocycles. The summed E-state index contributed by atoms with van der Waals surface area (Å²) in [5.41, 5.74) is 2.48. The SMILES string of the molecule is CCCNC(Cc1cc(C)nn1C)C(C)C1CC1. The van der Waals surface area contributed by atoms with Crippen LogP contribution < -0.4 is 5.32 Å². The molecule has 0 saturated heterocycles. The van der Waals surface area contributed by atoms with Crippen LogP contribution in [0.3, 0.4) is 0 Å². The van der Waals surface area contributed by atoms with Crippen molar-refractivity contribution in [1.29, 1.82) is 0 Å². The fourth-order valence-electron chi connectivity index (χ4n) is 2.80. The summed E-state index contributed by atoms with van der Waals surface area (Å²) >= 11 is 0. The van der Waals surface area contributed by atoms with Crippen molar-refractivity contribution >= 4 is 0 Å². The second kappa shape index (κ2) is 5.87. The van der Waals surface area contributed by atoms with Gasteiger partial charge < -0.3 is 5.32 Å². The Morgan fingerprint density at radius 3 is 2.72 bits per heavy atom. The van der Waals surface area contributed by atoms with Gasteiger partial charge in [0.25, 0.3) is 0 Å². The van der Waals surface area contributed by atoms with Crippen LogP contribution in [0.15, 0.2) is 6.07 Å². The Kier molecular flexibility index (Phi) is 4.44. The highest BCUT2D eigenvalue weighted by Crippen LogP contribution is 2.38. The van der Waals surface area contributed by atoms with Crippen molar-refractivity contribution in [2.45, 2.75) is 52.5 Å². The monoisotopic (exact) mass is 249 g/mol. The molecule has 1 aliphatic carbocycles. The van der Waals surface area contributed by atoms with Gasteiger partial charge in [0.05, 0.1) is 5.69 Å². The Morgan fingerprint density at radius 1 is 1.50 bits per heavy atom. The van der Waals surface area contributed by atoms with Crippen LogP contribution in [-0.4, -0.2) is 22.4 Å². The third-order valence-electron chi connectivity index (χ3n) is 4.18. The molecule has 3 nitrogen and oxygen atoms in total. The first-order valence-corrected chi connectivity index (χ1v) is 7.34. The van der Waals surface area contributed by atoms with E-state index in [0.29, 0.717) is 6.04 Å². The summed E-state index contributed by atoms with van der Waals surface area (Å²) in [5.74, 6) is 1.74. The molecular weight excluding hydrogens is 222 g/mol. The van der Waals surface area contributed by atoms with Crippen LogP contribution in [0.5, 0.6) is 0 Å². The van der Waals surface area contributed by atoms with Gasteiger partial charge in [0.15, 0.2) is 0 Å². The van der Waals surface area contributed by atoms with E-state index < -0.39 is 0 Å². The summed E-state index contributed by atoms with van der Waals surface area (Å²) in [7, 11) is 2.06. The second-order valence-corrected chi connectivity index (χ2v) is 5.86. The number of aromatic nitrogens is 2. The summed E-state index contributed by atoms with van der Waals surface area (Å²) in [6.45, 7) is 7.84. The van der Waals surface area contributed by atoms with Crippen molar-refractivity contribution in [3.63, 3.8) is 0 Å². The van der Waals surface area contributed by atoms with Gasteiger partial charge in [0.1, 0.15) is 0 Å². The largest absolute Gasteiger partial charge is 0.313 e. The number of hydrogen-bond acceptors (Lipinski definition) is 2. The first-order valence-electron chi connectivity index (χ1n) is 7.34. The second-order valence-electron chi connectivity index (χ2n) is 5.86. The number of aryl methyl sites for hydroxylation is 2. The lowest BCUT2D eigenvalue weighted by Gasteiger charge is -2.25. The van der Waals surface area contributed by atoms with Gasteiger partial charge >= 0.3 is 0 Å². The molecule has 0 amide bonds. The fraction of sp³-hybridized carbons (Fsp3) is 0.800. The Morgan fingerprint density at radius 2 is 2.22 bits per heavy atom. The van der Waals surface area contributed by atoms with Crippen LogP contribution in [0, 0.1) is 18.8 Å². The molecular formula is C15H27N3. The molecule has 0 spiro atoms. The molecule has 1 fully saturated rings. The normalized spacial score (nSPS) is 18.9. The lowest BCUT2D eigenvalue weighted by Crippen LogP contribution is -2.38. The zero-order valence-electron chi connectivity index (χ0n) is 12.2. The van der Waals surface area contributed by atoms with Crippen LogP contribution >= 0.6 is 0 Å². The lowest BCUT2D eigenvalue weighted by molar-refractivity contribution is 0.335. The van der Waals surface area contributed by atoms with E-state index in [4.69, 9.17) is 0 Å². The maximum atomic E-state index is 4.45. The molecule has 18 heavy (non-hydrogen) atoms. The molecule has 0 aliphatic heterocycles. The fourth-order valence-corrected chi connectivity index (χ4v) is 2.80. The number of rotatable bonds is 7. The van der Waals surface area contributed by atoms with Gasteiger partial charge in [-0.1, -0.05) is 13.8 Å². The van der Waals surface area contributed by atoms with Gasteiger partial charge in [-0.3, -0.25) is 4.68 Å². The summed E-state index contributed by atoms with van der Waals surface area (Å²) in [6.07, 6.45) is 5.17. The van der Waals surface area contributed by atoms with E-state index in [2.05, 4.69) is 44.3 Å². The van der Waals surface area contributed by atoms with Crippen molar-refractivity contribution in [3.05, 3.63) is 17.5 Å². The van der Waals surface area contributed by atoms with Crippen LogP contribution in [0.4, 0.5) is 0 Å². The molecule has 1 heterocycles. The third-order valence-corrected chi connectivity index (χ3v) is 4.18. The minimum atomic E-state index is 0.604. The lowest BCUT2D eigenvalue weighted by atomic mass is 9.92. The Bertz CT molecular complexity index is 379. The Hall–Kier alpha value is -0.830. The highest BCUT2D eigenvalue weighted by Gasteiger charge is 2.33. The van der Waals surface area contributed by atoms with Crippen LogP contribution in [0.1, 0.15) is 44.5 Å². The molecule has 2 unspecified atom stereocenters. The maximum Gasteiger partial charge on any atom is 0.0596 e. The summed E-state index contributed by atoms with van der Waals surface area (Å²) < 4.78 is 2.04.